The Labute approximate surface area is 183 Å². The van der Waals surface area contributed by atoms with E-state index in [9.17, 15) is 31.1 Å². The van der Waals surface area contributed by atoms with Crippen LogP contribution in [0.1, 0.15) is 27.0 Å². The van der Waals surface area contributed by atoms with Gasteiger partial charge in [-0.15, -0.1) is 0 Å². The second-order valence-corrected chi connectivity index (χ2v) is 7.22. The van der Waals surface area contributed by atoms with Gasteiger partial charge in [0, 0.05) is 5.39 Å². The number of para-hydroxylation sites is 1. The van der Waals surface area contributed by atoms with Crippen molar-refractivity contribution in [3.05, 3.63) is 95.1 Å². The topological polar surface area (TPSA) is 46.9 Å². The lowest BCUT2D eigenvalue weighted by molar-refractivity contribution is -0.138. The van der Waals surface area contributed by atoms with Gasteiger partial charge < -0.3 is 5.32 Å². The van der Waals surface area contributed by atoms with Crippen molar-refractivity contribution in [3.8, 4) is 0 Å². The van der Waals surface area contributed by atoms with Crippen LogP contribution in [0.25, 0.3) is 10.9 Å². The van der Waals surface area contributed by atoms with Crippen LogP contribution in [0.15, 0.2) is 72.8 Å². The third-order valence-electron chi connectivity index (χ3n) is 4.98. The zero-order valence-corrected chi connectivity index (χ0v) is 16.7. The number of benzene rings is 3. The van der Waals surface area contributed by atoms with Gasteiger partial charge in [0.2, 0.25) is 0 Å². The standard InChI is InChI=1S/C23H15F6N3O/c24-22(25,26)15-11-9-14(10-12-15)13-32-19-8-4-2-6-17(19)20(31-32)30-21(33)16-5-1-3-7-18(16)23(27,28)29/h1-12H,13H2,(H,30,31,33). The molecule has 0 fully saturated rings. The molecule has 0 aliphatic heterocycles. The Morgan fingerprint density at radius 3 is 2.12 bits per heavy atom. The zero-order chi connectivity index (χ0) is 23.8. The van der Waals surface area contributed by atoms with Crippen molar-refractivity contribution in [1.29, 1.82) is 0 Å². The normalized spacial score (nSPS) is 12.2. The summed E-state index contributed by atoms with van der Waals surface area (Å²) in [6.45, 7) is 0.0909. The molecule has 0 aliphatic carbocycles. The second-order valence-electron chi connectivity index (χ2n) is 7.22. The molecule has 1 aromatic heterocycles. The first-order valence-corrected chi connectivity index (χ1v) is 9.63. The maximum Gasteiger partial charge on any atom is 0.417 e. The van der Waals surface area contributed by atoms with Gasteiger partial charge in [-0.1, -0.05) is 36.4 Å². The highest BCUT2D eigenvalue weighted by Crippen LogP contribution is 2.33. The van der Waals surface area contributed by atoms with Gasteiger partial charge in [-0.3, -0.25) is 9.48 Å². The van der Waals surface area contributed by atoms with E-state index in [0.29, 0.717) is 16.5 Å². The van der Waals surface area contributed by atoms with Crippen molar-refractivity contribution in [2.24, 2.45) is 0 Å². The van der Waals surface area contributed by atoms with E-state index in [0.717, 1.165) is 24.3 Å². The SMILES string of the molecule is O=C(Nc1nn(Cc2ccc(C(F)(F)F)cc2)c2ccccc12)c1ccccc1C(F)(F)F. The van der Waals surface area contributed by atoms with E-state index in [1.54, 1.807) is 24.3 Å². The summed E-state index contributed by atoms with van der Waals surface area (Å²) in [7, 11) is 0. The molecule has 33 heavy (non-hydrogen) atoms. The number of fused-ring (bicyclic) bond motifs is 1. The second kappa shape index (κ2) is 8.27. The number of halogens is 6. The van der Waals surface area contributed by atoms with Gasteiger partial charge in [0.05, 0.1) is 28.8 Å². The minimum atomic E-state index is -4.71. The van der Waals surface area contributed by atoms with Crippen molar-refractivity contribution in [2.45, 2.75) is 18.9 Å². The van der Waals surface area contributed by atoms with Gasteiger partial charge in [-0.05, 0) is 42.0 Å². The molecule has 10 heteroatoms. The van der Waals surface area contributed by atoms with E-state index in [2.05, 4.69) is 10.4 Å². The van der Waals surface area contributed by atoms with Gasteiger partial charge in [0.25, 0.3) is 5.91 Å². The molecule has 0 radical (unpaired) electrons. The summed E-state index contributed by atoms with van der Waals surface area (Å²) < 4.78 is 79.7. The number of amides is 1. The van der Waals surface area contributed by atoms with Gasteiger partial charge >= 0.3 is 12.4 Å². The highest BCUT2D eigenvalue weighted by molar-refractivity contribution is 6.08. The number of carbonyl (C=O) groups excluding carboxylic acids is 1. The number of hydrogen-bond donors (Lipinski definition) is 1. The highest BCUT2D eigenvalue weighted by atomic mass is 19.4. The fraction of sp³-hybridized carbons (Fsp3) is 0.130. The van der Waals surface area contributed by atoms with Crippen molar-refractivity contribution in [2.75, 3.05) is 5.32 Å². The predicted octanol–water partition coefficient (Wildman–Crippen LogP) is 6.37. The molecule has 1 amide bonds. The first-order chi connectivity index (χ1) is 15.5. The Bertz CT molecular complexity index is 1310. The summed E-state index contributed by atoms with van der Waals surface area (Å²) in [5, 5.41) is 7.20. The van der Waals surface area contributed by atoms with Gasteiger partial charge in [-0.2, -0.15) is 31.4 Å². The average molecular weight is 463 g/mol. The Kier molecular flexibility index (Phi) is 5.61. The summed E-state index contributed by atoms with van der Waals surface area (Å²) in [6.07, 6.45) is -9.17. The first-order valence-electron chi connectivity index (χ1n) is 9.63. The third-order valence-corrected chi connectivity index (χ3v) is 4.98. The molecule has 0 saturated carbocycles. The predicted molar refractivity (Wildman–Crippen MR) is 110 cm³/mol. The first kappa shape index (κ1) is 22.4. The Balaban J connectivity index is 1.65. The molecule has 0 saturated heterocycles. The molecule has 4 nitrogen and oxygen atoms in total. The van der Waals surface area contributed by atoms with Gasteiger partial charge in [-0.25, -0.2) is 0 Å². The summed E-state index contributed by atoms with van der Waals surface area (Å²) in [6, 6.07) is 15.6. The molecule has 0 unspecified atom stereocenters. The van der Waals surface area contributed by atoms with Crippen molar-refractivity contribution in [3.63, 3.8) is 0 Å². The van der Waals surface area contributed by atoms with E-state index in [1.807, 2.05) is 0 Å². The lowest BCUT2D eigenvalue weighted by Gasteiger charge is -2.12. The Hall–Kier alpha value is -3.82. The minimum absolute atomic E-state index is 0.0412. The molecule has 0 bridgehead atoms. The largest absolute Gasteiger partial charge is 0.417 e. The lowest BCUT2D eigenvalue weighted by atomic mass is 10.1. The van der Waals surface area contributed by atoms with Crippen LogP contribution < -0.4 is 5.32 Å². The molecule has 0 aliphatic rings. The molecule has 170 valence electrons. The van der Waals surface area contributed by atoms with Crippen LogP contribution in [0, 0.1) is 0 Å². The van der Waals surface area contributed by atoms with Gasteiger partial charge in [0.1, 0.15) is 0 Å². The number of anilines is 1. The molecule has 0 spiro atoms. The van der Waals surface area contributed by atoms with Crippen molar-refractivity contribution >= 4 is 22.6 Å². The smallest absolute Gasteiger partial charge is 0.305 e. The number of nitrogens with one attached hydrogen (secondary N) is 1. The van der Waals surface area contributed by atoms with Crippen LogP contribution in [-0.4, -0.2) is 15.7 Å². The van der Waals surface area contributed by atoms with Crippen LogP contribution in [-0.2, 0) is 18.9 Å². The zero-order valence-electron chi connectivity index (χ0n) is 16.7. The van der Waals surface area contributed by atoms with Crippen molar-refractivity contribution in [1.82, 2.24) is 9.78 Å². The fourth-order valence-corrected chi connectivity index (χ4v) is 3.42. The van der Waals surface area contributed by atoms with Gasteiger partial charge in [0.15, 0.2) is 5.82 Å². The number of alkyl halides is 6. The van der Waals surface area contributed by atoms with E-state index in [-0.39, 0.29) is 12.4 Å². The minimum Gasteiger partial charge on any atom is -0.305 e. The van der Waals surface area contributed by atoms with E-state index >= 15 is 0 Å². The number of nitrogens with zero attached hydrogens (tertiary/aromatic N) is 2. The number of rotatable bonds is 4. The average Bonchev–Trinajstić information content (AvgIpc) is 3.10. The van der Waals surface area contributed by atoms with E-state index in [4.69, 9.17) is 0 Å². The highest BCUT2D eigenvalue weighted by Gasteiger charge is 2.35. The maximum atomic E-state index is 13.3. The molecule has 4 rings (SSSR count). The summed E-state index contributed by atoms with van der Waals surface area (Å²) in [5.74, 6) is -0.938. The summed E-state index contributed by atoms with van der Waals surface area (Å²) in [4.78, 5) is 12.7. The molecule has 3 aromatic carbocycles. The number of carbonyl (C=O) groups is 1. The fourth-order valence-electron chi connectivity index (χ4n) is 3.42. The maximum absolute atomic E-state index is 13.3. The third kappa shape index (κ3) is 4.69. The molecular weight excluding hydrogens is 448 g/mol. The molecular formula is C23H15F6N3O. The monoisotopic (exact) mass is 463 g/mol. The van der Waals surface area contributed by atoms with E-state index < -0.39 is 35.0 Å². The van der Waals surface area contributed by atoms with E-state index in [1.165, 1.54) is 28.9 Å². The number of aromatic nitrogens is 2. The summed E-state index contributed by atoms with van der Waals surface area (Å²) >= 11 is 0. The molecule has 1 heterocycles. The Morgan fingerprint density at radius 1 is 0.818 bits per heavy atom. The van der Waals surface area contributed by atoms with Crippen LogP contribution >= 0.6 is 0 Å². The quantitative estimate of drug-likeness (QED) is 0.357. The van der Waals surface area contributed by atoms with Crippen LogP contribution in [0.5, 0.6) is 0 Å². The molecule has 0 atom stereocenters. The molecule has 1 N–H and O–H groups in total. The van der Waals surface area contributed by atoms with Crippen molar-refractivity contribution < 1.29 is 31.1 Å². The van der Waals surface area contributed by atoms with Crippen LogP contribution in [0.3, 0.4) is 0 Å². The van der Waals surface area contributed by atoms with Crippen LogP contribution in [0.4, 0.5) is 32.2 Å². The molecule has 4 aromatic rings. The van der Waals surface area contributed by atoms with Crippen LogP contribution in [0.2, 0.25) is 0 Å². The Morgan fingerprint density at radius 2 is 1.45 bits per heavy atom. The lowest BCUT2D eigenvalue weighted by Crippen LogP contribution is -2.19. The number of hydrogen-bond acceptors (Lipinski definition) is 2. The summed E-state index contributed by atoms with van der Waals surface area (Å²) in [5.41, 5.74) is -1.33.